The molecule has 3 heterocycles. The fourth-order valence-electron chi connectivity index (χ4n) is 2.92. The molecule has 0 amide bonds. The van der Waals surface area contributed by atoms with E-state index in [4.69, 9.17) is 0 Å². The summed E-state index contributed by atoms with van der Waals surface area (Å²) in [4.78, 5) is 2.58. The van der Waals surface area contributed by atoms with Crippen molar-refractivity contribution in [3.8, 4) is 0 Å². The zero-order chi connectivity index (χ0) is 11.7. The molecule has 2 fully saturated rings. The van der Waals surface area contributed by atoms with Gasteiger partial charge in [0.05, 0.1) is 17.4 Å². The van der Waals surface area contributed by atoms with Gasteiger partial charge in [-0.3, -0.25) is 0 Å². The van der Waals surface area contributed by atoms with Crippen LogP contribution in [-0.4, -0.2) is 39.0 Å². The lowest BCUT2D eigenvalue weighted by Crippen LogP contribution is -2.22. The molecule has 0 radical (unpaired) electrons. The van der Waals surface area contributed by atoms with Crippen molar-refractivity contribution >= 4 is 23.5 Å². The van der Waals surface area contributed by atoms with Gasteiger partial charge in [0.1, 0.15) is 5.03 Å². The van der Waals surface area contributed by atoms with Crippen LogP contribution in [0.15, 0.2) is 5.03 Å². The maximum atomic E-state index is 4.58. The van der Waals surface area contributed by atoms with Gasteiger partial charge in [-0.15, -0.1) is 11.8 Å². The van der Waals surface area contributed by atoms with Crippen molar-refractivity contribution < 1.29 is 0 Å². The zero-order valence-corrected chi connectivity index (χ0v) is 11.9. The fourth-order valence-corrected chi connectivity index (χ4v) is 4.78. The molecule has 1 aromatic rings. The summed E-state index contributed by atoms with van der Waals surface area (Å²) in [5.74, 6) is 2.71. The highest BCUT2D eigenvalue weighted by molar-refractivity contribution is 7.99. The average molecular weight is 269 g/mol. The van der Waals surface area contributed by atoms with Crippen LogP contribution in [0.25, 0.3) is 0 Å². The number of aromatic nitrogens is 2. The minimum Gasteiger partial charge on any atom is -0.302 e. The van der Waals surface area contributed by atoms with E-state index in [2.05, 4.69) is 20.6 Å². The van der Waals surface area contributed by atoms with Gasteiger partial charge in [-0.2, -0.15) is 8.75 Å². The van der Waals surface area contributed by atoms with Crippen LogP contribution in [0.1, 0.15) is 37.8 Å². The van der Waals surface area contributed by atoms with Crippen molar-refractivity contribution in [3.63, 3.8) is 0 Å². The lowest BCUT2D eigenvalue weighted by molar-refractivity contribution is 0.342. The van der Waals surface area contributed by atoms with Crippen LogP contribution in [-0.2, 0) is 0 Å². The Hall–Kier alpha value is -0.130. The van der Waals surface area contributed by atoms with Crippen LogP contribution in [0.5, 0.6) is 0 Å². The summed E-state index contributed by atoms with van der Waals surface area (Å²) in [5.41, 5.74) is 1.31. The maximum absolute atomic E-state index is 4.58. The van der Waals surface area contributed by atoms with Gasteiger partial charge in [0.2, 0.25) is 0 Å². The van der Waals surface area contributed by atoms with Crippen molar-refractivity contribution in [2.45, 2.75) is 37.1 Å². The second kappa shape index (κ2) is 5.24. The van der Waals surface area contributed by atoms with Crippen molar-refractivity contribution in [1.29, 1.82) is 0 Å². The van der Waals surface area contributed by atoms with Gasteiger partial charge in [0.15, 0.2) is 0 Å². The minimum absolute atomic E-state index is 0.673. The molecule has 0 saturated carbocycles. The molecule has 94 valence electrons. The Morgan fingerprint density at radius 2 is 2.35 bits per heavy atom. The number of unbranched alkanes of at least 4 members (excludes halogenated alkanes) is 1. The first-order valence-corrected chi connectivity index (χ1v) is 8.27. The van der Waals surface area contributed by atoms with Crippen LogP contribution in [0.4, 0.5) is 0 Å². The van der Waals surface area contributed by atoms with E-state index in [0.717, 1.165) is 5.92 Å². The largest absolute Gasteiger partial charge is 0.302 e. The molecule has 5 heteroatoms. The van der Waals surface area contributed by atoms with E-state index in [1.807, 2.05) is 11.8 Å². The molecule has 0 spiro atoms. The molecule has 3 rings (SSSR count). The predicted molar refractivity (Wildman–Crippen MR) is 72.8 cm³/mol. The van der Waals surface area contributed by atoms with Gasteiger partial charge in [0, 0.05) is 19.0 Å². The van der Waals surface area contributed by atoms with Crippen LogP contribution in [0.3, 0.4) is 0 Å². The minimum atomic E-state index is 0.673. The van der Waals surface area contributed by atoms with Crippen molar-refractivity contribution in [2.24, 2.45) is 5.92 Å². The first kappa shape index (κ1) is 11.9. The third-order valence-electron chi connectivity index (χ3n) is 3.90. The summed E-state index contributed by atoms with van der Waals surface area (Å²) < 4.78 is 9.07. The van der Waals surface area contributed by atoms with E-state index in [-0.39, 0.29) is 0 Å². The molecule has 0 aliphatic carbocycles. The maximum Gasteiger partial charge on any atom is 0.134 e. The fraction of sp³-hybridized carbons (Fsp3) is 0.833. The summed E-state index contributed by atoms with van der Waals surface area (Å²) in [7, 11) is 0. The summed E-state index contributed by atoms with van der Waals surface area (Å²) in [6.45, 7) is 6.06. The quantitative estimate of drug-likeness (QED) is 0.607. The van der Waals surface area contributed by atoms with Gasteiger partial charge in [0.25, 0.3) is 0 Å². The molecule has 2 aliphatic rings. The zero-order valence-electron chi connectivity index (χ0n) is 10.3. The molecule has 2 bridgehead atoms. The number of nitrogens with zero attached hydrogens (tertiary/aromatic N) is 3. The Morgan fingerprint density at radius 3 is 3.06 bits per heavy atom. The van der Waals surface area contributed by atoms with E-state index >= 15 is 0 Å². The highest BCUT2D eigenvalue weighted by Gasteiger charge is 2.41. The smallest absolute Gasteiger partial charge is 0.134 e. The predicted octanol–water partition coefficient (Wildman–Crippen LogP) is 2.85. The van der Waals surface area contributed by atoms with E-state index in [9.17, 15) is 0 Å². The van der Waals surface area contributed by atoms with Crippen LogP contribution in [0, 0.1) is 5.92 Å². The Bertz CT molecular complexity index is 380. The number of rotatable bonds is 5. The molecule has 1 aromatic heterocycles. The van der Waals surface area contributed by atoms with E-state index in [1.165, 1.54) is 67.1 Å². The molecule has 17 heavy (non-hydrogen) atoms. The molecule has 0 aromatic carbocycles. The molecule has 2 aliphatic heterocycles. The topological polar surface area (TPSA) is 29.0 Å². The number of thioether (sulfide) groups is 1. The molecular weight excluding hydrogens is 250 g/mol. The second-order valence-corrected chi connectivity index (χ2v) is 6.68. The Morgan fingerprint density at radius 1 is 1.41 bits per heavy atom. The first-order chi connectivity index (χ1) is 8.38. The monoisotopic (exact) mass is 269 g/mol. The van der Waals surface area contributed by atoms with Gasteiger partial charge >= 0.3 is 0 Å². The van der Waals surface area contributed by atoms with Crippen LogP contribution in [0.2, 0.25) is 0 Å². The van der Waals surface area contributed by atoms with Gasteiger partial charge in [-0.05, 0) is 31.1 Å². The lowest BCUT2D eigenvalue weighted by Gasteiger charge is -2.20. The molecule has 3 atom stereocenters. The summed E-state index contributed by atoms with van der Waals surface area (Å²) in [6, 6.07) is 0. The number of fused-ring (bicyclic) bond motifs is 2. The molecule has 3 nitrogen and oxygen atoms in total. The number of piperidine rings is 1. The number of hydrogen-bond donors (Lipinski definition) is 0. The van der Waals surface area contributed by atoms with E-state index in [0.29, 0.717) is 5.92 Å². The third kappa shape index (κ3) is 2.37. The van der Waals surface area contributed by atoms with Crippen LogP contribution < -0.4 is 0 Å². The normalized spacial score (nSPS) is 31.2. The van der Waals surface area contributed by atoms with E-state index in [1.54, 1.807) is 0 Å². The Balaban J connectivity index is 1.68. The summed E-state index contributed by atoms with van der Waals surface area (Å²) >= 11 is 3.31. The van der Waals surface area contributed by atoms with Gasteiger partial charge in [-0.1, -0.05) is 13.3 Å². The highest BCUT2D eigenvalue weighted by atomic mass is 32.2. The standard InChI is InChI=1S/C12H19N3S2/c1-2-3-6-16-12-11(13-17-14-12)10-8-15-5-4-9(10)7-15/h9-10H,2-8H2,1H3/t9-,10-/m1/s1. The van der Waals surface area contributed by atoms with Crippen LogP contribution >= 0.6 is 23.5 Å². The molecule has 2 saturated heterocycles. The Labute approximate surface area is 111 Å². The van der Waals surface area contributed by atoms with E-state index < -0.39 is 0 Å². The third-order valence-corrected chi connectivity index (χ3v) is 5.63. The molecule has 0 N–H and O–H groups in total. The van der Waals surface area contributed by atoms with Crippen molar-refractivity contribution in [2.75, 3.05) is 25.4 Å². The van der Waals surface area contributed by atoms with Gasteiger partial charge < -0.3 is 4.90 Å². The SMILES string of the molecule is CCCCSc1nsnc1[C@@H]1CN2CC[C@@H]1C2. The second-order valence-electron chi connectivity index (χ2n) is 5.07. The lowest BCUT2D eigenvalue weighted by atomic mass is 9.90. The van der Waals surface area contributed by atoms with Crippen molar-refractivity contribution in [3.05, 3.63) is 5.69 Å². The first-order valence-electron chi connectivity index (χ1n) is 6.56. The Kier molecular flexibility index (Phi) is 3.68. The highest BCUT2D eigenvalue weighted by Crippen LogP contribution is 2.42. The number of hydrogen-bond acceptors (Lipinski definition) is 5. The molecule has 1 unspecified atom stereocenters. The summed E-state index contributed by atoms with van der Waals surface area (Å²) in [6.07, 6.45) is 3.91. The van der Waals surface area contributed by atoms with Gasteiger partial charge in [-0.25, -0.2) is 0 Å². The molecular formula is C12H19N3S2. The average Bonchev–Trinajstić information content (AvgIpc) is 3.04. The van der Waals surface area contributed by atoms with Crippen molar-refractivity contribution in [1.82, 2.24) is 13.6 Å². The summed E-state index contributed by atoms with van der Waals surface area (Å²) in [5, 5.41) is 1.22.